The van der Waals surface area contributed by atoms with E-state index in [1.54, 1.807) is 26.2 Å². The summed E-state index contributed by atoms with van der Waals surface area (Å²) in [6, 6.07) is 4.51. The second-order valence-electron chi connectivity index (χ2n) is 8.78. The molecule has 2 fully saturated rings. The lowest BCUT2D eigenvalue weighted by molar-refractivity contribution is -1.02. The van der Waals surface area contributed by atoms with E-state index >= 15 is 0 Å². The summed E-state index contributed by atoms with van der Waals surface area (Å²) in [6.45, 7) is 4.37. The highest BCUT2D eigenvalue weighted by atomic mass is 16.5. The van der Waals surface area contributed by atoms with Gasteiger partial charge in [0.05, 0.1) is 34.4 Å². The topological polar surface area (TPSA) is 80.2 Å². The Morgan fingerprint density at radius 3 is 2.16 bits per heavy atom. The third-order valence-electron chi connectivity index (χ3n) is 6.87. The monoisotopic (exact) mass is 432 g/mol. The van der Waals surface area contributed by atoms with Crippen LogP contribution in [0.3, 0.4) is 0 Å². The smallest absolute Gasteiger partial charge is 0.214 e. The van der Waals surface area contributed by atoms with Gasteiger partial charge < -0.3 is 24.0 Å². The van der Waals surface area contributed by atoms with Crippen LogP contribution in [0.4, 0.5) is 0 Å². The summed E-state index contributed by atoms with van der Waals surface area (Å²) in [5.41, 5.74) is 1.09. The number of nitrogens with zero attached hydrogens (tertiary/aromatic N) is 4. The van der Waals surface area contributed by atoms with Crippen LogP contribution < -0.4 is 24.0 Å². The molecule has 0 bridgehead atoms. The van der Waals surface area contributed by atoms with Gasteiger partial charge in [-0.25, -0.2) is 4.68 Å². The van der Waals surface area contributed by atoms with Crippen molar-refractivity contribution in [1.29, 1.82) is 0 Å². The molecule has 2 aromatic rings. The predicted molar refractivity (Wildman–Crippen MR) is 115 cm³/mol. The Labute approximate surface area is 184 Å². The van der Waals surface area contributed by atoms with E-state index in [2.05, 4.69) is 39.4 Å². The number of benzene rings is 1. The minimum Gasteiger partial charge on any atom is -0.493 e. The van der Waals surface area contributed by atoms with Crippen molar-refractivity contribution in [3.8, 4) is 17.2 Å². The molecule has 1 aromatic carbocycles. The number of quaternary nitrogens is 2. The zero-order valence-corrected chi connectivity index (χ0v) is 19.2. The molecule has 1 atom stereocenters. The molecule has 4 rings (SSSR count). The van der Waals surface area contributed by atoms with Crippen molar-refractivity contribution >= 4 is 0 Å². The van der Waals surface area contributed by atoms with Crippen LogP contribution in [0.5, 0.6) is 17.2 Å². The van der Waals surface area contributed by atoms with Crippen molar-refractivity contribution < 1.29 is 24.0 Å². The lowest BCUT2D eigenvalue weighted by atomic mass is 9.95. The first-order chi connectivity index (χ1) is 15.2. The van der Waals surface area contributed by atoms with E-state index in [4.69, 9.17) is 14.2 Å². The summed E-state index contributed by atoms with van der Waals surface area (Å²) >= 11 is 0. The number of tetrazole rings is 1. The highest BCUT2D eigenvalue weighted by Crippen LogP contribution is 2.40. The molecule has 0 unspecified atom stereocenters. The Bertz CT molecular complexity index is 834. The van der Waals surface area contributed by atoms with Crippen LogP contribution in [-0.2, 0) is 0 Å². The van der Waals surface area contributed by atoms with Crippen LogP contribution in [0.15, 0.2) is 12.1 Å². The van der Waals surface area contributed by atoms with Crippen LogP contribution in [-0.4, -0.2) is 74.8 Å². The Morgan fingerprint density at radius 1 is 0.935 bits per heavy atom. The first kappa shape index (κ1) is 21.8. The van der Waals surface area contributed by atoms with Crippen molar-refractivity contribution in [2.45, 2.75) is 44.2 Å². The number of ether oxygens (including phenoxy) is 3. The molecule has 2 aliphatic rings. The van der Waals surface area contributed by atoms with Crippen molar-refractivity contribution in [1.82, 2.24) is 20.2 Å². The molecule has 9 nitrogen and oxygen atoms in total. The fourth-order valence-corrected chi connectivity index (χ4v) is 5.10. The summed E-state index contributed by atoms with van der Waals surface area (Å²) < 4.78 is 19.0. The van der Waals surface area contributed by atoms with Gasteiger partial charge in [-0.1, -0.05) is 19.3 Å². The quantitative estimate of drug-likeness (QED) is 0.626. The van der Waals surface area contributed by atoms with Crippen molar-refractivity contribution in [3.05, 3.63) is 23.5 Å². The maximum Gasteiger partial charge on any atom is 0.214 e. The lowest BCUT2D eigenvalue weighted by Crippen LogP contribution is -3.27. The summed E-state index contributed by atoms with van der Waals surface area (Å²) in [5.74, 6) is 2.88. The molecule has 2 heterocycles. The maximum atomic E-state index is 5.66. The number of likely N-dealkylation sites (N-methyl/N-ethyl adjacent to an activating group) is 1. The van der Waals surface area contributed by atoms with E-state index in [-0.39, 0.29) is 6.04 Å². The molecule has 1 aromatic heterocycles. The van der Waals surface area contributed by atoms with Gasteiger partial charge in [0.25, 0.3) is 0 Å². The Kier molecular flexibility index (Phi) is 6.92. The first-order valence-electron chi connectivity index (χ1n) is 11.4. The first-order valence-corrected chi connectivity index (χ1v) is 11.4. The number of nitrogens with one attached hydrogen (secondary N) is 2. The molecule has 1 saturated carbocycles. The number of hydrogen-bond acceptors (Lipinski definition) is 6. The van der Waals surface area contributed by atoms with E-state index in [0.717, 1.165) is 50.4 Å². The molecule has 0 radical (unpaired) electrons. The van der Waals surface area contributed by atoms with E-state index in [0.29, 0.717) is 23.3 Å². The summed E-state index contributed by atoms with van der Waals surface area (Å²) in [7, 11) is 7.22. The second-order valence-corrected chi connectivity index (χ2v) is 8.78. The normalized spacial score (nSPS) is 23.4. The fraction of sp³-hybridized carbons (Fsp3) is 0.682. The van der Waals surface area contributed by atoms with E-state index < -0.39 is 0 Å². The van der Waals surface area contributed by atoms with Crippen LogP contribution >= 0.6 is 0 Å². The third kappa shape index (κ3) is 4.48. The number of piperazine rings is 1. The largest absolute Gasteiger partial charge is 0.493 e. The average Bonchev–Trinajstić information content (AvgIpc) is 3.29. The maximum absolute atomic E-state index is 5.66. The summed E-state index contributed by atoms with van der Waals surface area (Å²) in [6.07, 6.45) is 6.06. The van der Waals surface area contributed by atoms with Gasteiger partial charge in [0.1, 0.15) is 26.2 Å². The Hall–Kier alpha value is -2.39. The Morgan fingerprint density at radius 2 is 1.58 bits per heavy atom. The van der Waals surface area contributed by atoms with Gasteiger partial charge in [-0.15, -0.1) is 5.10 Å². The van der Waals surface area contributed by atoms with Gasteiger partial charge in [0.15, 0.2) is 17.5 Å². The number of rotatable bonds is 7. The molecule has 0 amide bonds. The van der Waals surface area contributed by atoms with Crippen molar-refractivity contribution in [2.75, 3.05) is 54.6 Å². The van der Waals surface area contributed by atoms with Crippen molar-refractivity contribution in [3.63, 3.8) is 0 Å². The molecular weight excluding hydrogens is 396 g/mol. The zero-order chi connectivity index (χ0) is 21.8. The lowest BCUT2D eigenvalue weighted by Gasteiger charge is -2.34. The molecular formula is C22H36N6O3+2. The molecule has 31 heavy (non-hydrogen) atoms. The van der Waals surface area contributed by atoms with Gasteiger partial charge in [0.2, 0.25) is 11.6 Å². The molecule has 0 spiro atoms. The van der Waals surface area contributed by atoms with Crippen molar-refractivity contribution in [2.24, 2.45) is 0 Å². The second kappa shape index (κ2) is 9.82. The Balaban J connectivity index is 1.79. The van der Waals surface area contributed by atoms with Gasteiger partial charge in [-0.2, -0.15) is 0 Å². The van der Waals surface area contributed by atoms with Gasteiger partial charge >= 0.3 is 0 Å². The number of aromatic nitrogens is 4. The van der Waals surface area contributed by atoms with Crippen LogP contribution in [0.25, 0.3) is 0 Å². The summed E-state index contributed by atoms with van der Waals surface area (Å²) in [4.78, 5) is 3.05. The molecule has 1 aliphatic heterocycles. The van der Waals surface area contributed by atoms with Gasteiger partial charge in [0, 0.05) is 5.56 Å². The number of methoxy groups -OCH3 is 3. The van der Waals surface area contributed by atoms with Gasteiger partial charge in [-0.3, -0.25) is 0 Å². The zero-order valence-electron chi connectivity index (χ0n) is 19.2. The van der Waals surface area contributed by atoms with Gasteiger partial charge in [-0.05, 0) is 35.4 Å². The summed E-state index contributed by atoms with van der Waals surface area (Å²) in [5, 5.41) is 13.2. The predicted octanol–water partition coefficient (Wildman–Crippen LogP) is -0.293. The van der Waals surface area contributed by atoms with E-state index in [9.17, 15) is 0 Å². The SMILES string of the molecule is COc1cc([C@H](c2nnnn2C2CCCCC2)[NH+]2CC[NH+](C)CC2)cc(OC)c1OC. The fourth-order valence-electron chi connectivity index (χ4n) is 5.10. The van der Waals surface area contributed by atoms with Crippen LogP contribution in [0, 0.1) is 0 Å². The van der Waals surface area contributed by atoms with E-state index in [1.807, 2.05) is 0 Å². The standard InChI is InChI=1S/C22H34N6O3/c1-26-10-12-27(13-11-26)20(16-14-18(29-2)21(31-4)19(15-16)30-3)22-23-24-25-28(22)17-8-6-5-7-9-17/h14-15,17,20H,5-13H2,1-4H3/p+2/t20-/m1/s1. The molecule has 1 aliphatic carbocycles. The molecule has 170 valence electrons. The third-order valence-corrected chi connectivity index (χ3v) is 6.87. The number of hydrogen-bond donors (Lipinski definition) is 2. The minimum absolute atomic E-state index is 0.0127. The molecule has 9 heteroatoms. The molecule has 1 saturated heterocycles. The highest BCUT2D eigenvalue weighted by molar-refractivity contribution is 5.54. The van der Waals surface area contributed by atoms with Crippen LogP contribution in [0.2, 0.25) is 0 Å². The van der Waals surface area contributed by atoms with Crippen LogP contribution in [0.1, 0.15) is 55.6 Å². The highest BCUT2D eigenvalue weighted by Gasteiger charge is 2.37. The average molecular weight is 433 g/mol. The van der Waals surface area contributed by atoms with E-state index in [1.165, 1.54) is 24.2 Å². The molecule has 2 N–H and O–H groups in total. The minimum atomic E-state index is 0.0127.